The van der Waals surface area contributed by atoms with Gasteiger partial charge in [0.1, 0.15) is 36.1 Å². The van der Waals surface area contributed by atoms with Crippen molar-refractivity contribution >= 4 is 62.2 Å². The Kier molecular flexibility index (Phi) is 6.18. The van der Waals surface area contributed by atoms with Gasteiger partial charge in [0, 0.05) is 6.54 Å². The molecule has 3 heterocycles. The summed E-state index contributed by atoms with van der Waals surface area (Å²) in [6.45, 7) is -0.359. The summed E-state index contributed by atoms with van der Waals surface area (Å²) >= 11 is 3.97. The molecule has 1 aliphatic rings. The average Bonchev–Trinajstić information content (AvgIpc) is 3.28. The van der Waals surface area contributed by atoms with Gasteiger partial charge in [-0.05, 0) is 51.2 Å². The van der Waals surface area contributed by atoms with E-state index < -0.39 is 31.1 Å². The monoisotopic (exact) mass is 641 g/mol. The third kappa shape index (κ3) is 3.66. The first kappa shape index (κ1) is 21.7. The van der Waals surface area contributed by atoms with Crippen LogP contribution in [0.15, 0.2) is 18.7 Å². The Morgan fingerprint density at radius 1 is 1.07 bits per heavy atom. The highest BCUT2D eigenvalue weighted by Crippen LogP contribution is 2.37. The molecule has 0 saturated carbocycles. The molecule has 0 aliphatic carbocycles. The fraction of sp³-hybridized carbons (Fsp3) is 0.353. The predicted octanol–water partition coefficient (Wildman–Crippen LogP) is 0.670. The number of phenolic OH excluding ortho intramolecular Hbond substituents is 2. The van der Waals surface area contributed by atoms with Crippen molar-refractivity contribution in [2.24, 2.45) is 0 Å². The Balaban J connectivity index is 1.64. The highest BCUT2D eigenvalue weighted by Gasteiger charge is 2.44. The molecule has 160 valence electrons. The maximum absolute atomic E-state index is 10.3. The molecule has 0 spiro atoms. The topological polar surface area (TPSA) is 166 Å². The van der Waals surface area contributed by atoms with Crippen LogP contribution in [0.5, 0.6) is 11.5 Å². The van der Waals surface area contributed by atoms with Crippen LogP contribution in [0.3, 0.4) is 0 Å². The van der Waals surface area contributed by atoms with Gasteiger partial charge in [-0.3, -0.25) is 4.57 Å². The summed E-state index contributed by atoms with van der Waals surface area (Å²) in [6.07, 6.45) is -1.72. The first-order valence-corrected chi connectivity index (χ1v) is 10.9. The minimum Gasteiger partial charge on any atom is -0.506 e. The van der Waals surface area contributed by atoms with Crippen molar-refractivity contribution in [3.8, 4) is 11.5 Å². The molecular weight excluding hydrogens is 624 g/mol. The van der Waals surface area contributed by atoms with E-state index in [-0.39, 0.29) is 18.0 Å². The standard InChI is InChI=1S/C17H17I2N5O6/c18-7-1-8(19)12(27)6(11(7)26)2-20-15-10-16(22-4-21-15)24(5-23-10)17-14(29)13(28)9(3-25)30-17/h1,4-5,9,13-14,17,25-29H,2-3H2,(H,20,21,22)/t9-,13-,14-,17?/m1/s1. The quantitative estimate of drug-likeness (QED) is 0.218. The molecule has 1 unspecified atom stereocenters. The molecule has 1 fully saturated rings. The summed E-state index contributed by atoms with van der Waals surface area (Å²) in [5, 5.41) is 53.2. The minimum absolute atomic E-state index is 0.0247. The largest absolute Gasteiger partial charge is 0.506 e. The maximum Gasteiger partial charge on any atom is 0.167 e. The second-order valence-corrected chi connectivity index (χ2v) is 8.97. The van der Waals surface area contributed by atoms with Crippen LogP contribution in [0, 0.1) is 7.14 Å². The molecule has 2 aromatic heterocycles. The fourth-order valence-electron chi connectivity index (χ4n) is 3.27. The van der Waals surface area contributed by atoms with Crippen LogP contribution in [-0.4, -0.2) is 70.0 Å². The fourth-order valence-corrected chi connectivity index (χ4v) is 5.14. The lowest BCUT2D eigenvalue weighted by atomic mass is 10.1. The number of nitrogens with one attached hydrogen (secondary N) is 1. The zero-order valence-corrected chi connectivity index (χ0v) is 19.5. The molecule has 4 rings (SSSR count). The van der Waals surface area contributed by atoms with Crippen LogP contribution in [0.25, 0.3) is 11.2 Å². The zero-order valence-electron chi connectivity index (χ0n) is 15.1. The van der Waals surface area contributed by atoms with Gasteiger partial charge >= 0.3 is 0 Å². The van der Waals surface area contributed by atoms with E-state index >= 15 is 0 Å². The van der Waals surface area contributed by atoms with E-state index in [0.29, 0.717) is 29.7 Å². The number of hydrogen-bond acceptors (Lipinski definition) is 10. The van der Waals surface area contributed by atoms with Crippen molar-refractivity contribution in [1.29, 1.82) is 0 Å². The number of phenols is 2. The molecule has 13 heteroatoms. The van der Waals surface area contributed by atoms with Gasteiger partial charge in [-0.25, -0.2) is 15.0 Å². The molecule has 4 atom stereocenters. The van der Waals surface area contributed by atoms with Crippen LogP contribution in [0.4, 0.5) is 5.82 Å². The Hall–Kier alpha value is -1.53. The Morgan fingerprint density at radius 2 is 1.77 bits per heavy atom. The summed E-state index contributed by atoms with van der Waals surface area (Å²) in [7, 11) is 0. The number of hydrogen-bond donors (Lipinski definition) is 6. The van der Waals surface area contributed by atoms with Crippen LogP contribution >= 0.6 is 45.2 Å². The molecular formula is C17H17I2N5O6. The Labute approximate surface area is 197 Å². The number of aliphatic hydroxyl groups excluding tert-OH is 3. The van der Waals surface area contributed by atoms with E-state index in [1.807, 2.05) is 45.2 Å². The number of rotatable bonds is 5. The number of aromatic nitrogens is 4. The van der Waals surface area contributed by atoms with Crippen molar-refractivity contribution in [3.05, 3.63) is 31.4 Å². The van der Waals surface area contributed by atoms with Crippen molar-refractivity contribution < 1.29 is 30.3 Å². The van der Waals surface area contributed by atoms with E-state index in [9.17, 15) is 25.5 Å². The number of fused-ring (bicyclic) bond motifs is 1. The lowest BCUT2D eigenvalue weighted by molar-refractivity contribution is -0.0511. The molecule has 30 heavy (non-hydrogen) atoms. The Morgan fingerprint density at radius 3 is 2.40 bits per heavy atom. The van der Waals surface area contributed by atoms with Crippen molar-refractivity contribution in [2.45, 2.75) is 31.1 Å². The Bertz CT molecular complexity index is 1070. The second-order valence-electron chi connectivity index (χ2n) is 6.64. The van der Waals surface area contributed by atoms with E-state index in [4.69, 9.17) is 4.74 Å². The number of benzene rings is 1. The van der Waals surface area contributed by atoms with Crippen LogP contribution in [-0.2, 0) is 11.3 Å². The first-order chi connectivity index (χ1) is 14.3. The maximum atomic E-state index is 10.3. The van der Waals surface area contributed by atoms with E-state index in [1.54, 1.807) is 6.07 Å². The van der Waals surface area contributed by atoms with Gasteiger partial charge in [0.2, 0.25) is 0 Å². The van der Waals surface area contributed by atoms with Crippen molar-refractivity contribution in [1.82, 2.24) is 19.5 Å². The van der Waals surface area contributed by atoms with Crippen molar-refractivity contribution in [3.63, 3.8) is 0 Å². The number of ether oxygens (including phenoxy) is 1. The van der Waals surface area contributed by atoms with Gasteiger partial charge < -0.3 is 35.6 Å². The number of aliphatic hydroxyl groups is 3. The van der Waals surface area contributed by atoms with Crippen LogP contribution < -0.4 is 5.32 Å². The molecule has 0 amide bonds. The van der Waals surface area contributed by atoms with Gasteiger partial charge in [-0.1, -0.05) is 0 Å². The van der Waals surface area contributed by atoms with E-state index in [0.717, 1.165) is 0 Å². The summed E-state index contributed by atoms with van der Waals surface area (Å²) in [4.78, 5) is 12.6. The van der Waals surface area contributed by atoms with Gasteiger partial charge in [0.25, 0.3) is 0 Å². The van der Waals surface area contributed by atoms with Crippen LogP contribution in [0.1, 0.15) is 11.8 Å². The summed E-state index contributed by atoms with van der Waals surface area (Å²) in [5.74, 6) is 0.296. The minimum atomic E-state index is -1.27. The van der Waals surface area contributed by atoms with Gasteiger partial charge in [-0.2, -0.15) is 0 Å². The van der Waals surface area contributed by atoms with Crippen molar-refractivity contribution in [2.75, 3.05) is 11.9 Å². The molecule has 11 nitrogen and oxygen atoms in total. The summed E-state index contributed by atoms with van der Waals surface area (Å²) in [6, 6.07) is 1.67. The number of halogens is 2. The number of nitrogens with zero attached hydrogens (tertiary/aromatic N) is 4. The summed E-state index contributed by atoms with van der Waals surface area (Å²) in [5.41, 5.74) is 1.03. The van der Waals surface area contributed by atoms with E-state index in [2.05, 4.69) is 20.3 Å². The first-order valence-electron chi connectivity index (χ1n) is 8.76. The molecule has 3 aromatic rings. The van der Waals surface area contributed by atoms with Gasteiger partial charge in [-0.15, -0.1) is 0 Å². The van der Waals surface area contributed by atoms with E-state index in [1.165, 1.54) is 17.2 Å². The average molecular weight is 641 g/mol. The third-order valence-electron chi connectivity index (χ3n) is 4.86. The smallest absolute Gasteiger partial charge is 0.167 e. The highest BCUT2D eigenvalue weighted by atomic mass is 127. The lowest BCUT2D eigenvalue weighted by Gasteiger charge is -2.16. The zero-order chi connectivity index (χ0) is 21.6. The molecule has 0 radical (unpaired) electrons. The number of aromatic hydroxyl groups is 2. The molecule has 1 aliphatic heterocycles. The normalized spacial score (nSPS) is 23.9. The third-order valence-corrected chi connectivity index (χ3v) is 6.50. The van der Waals surface area contributed by atoms with Gasteiger partial charge in [0.15, 0.2) is 23.2 Å². The van der Waals surface area contributed by atoms with Crippen LogP contribution in [0.2, 0.25) is 0 Å². The molecule has 6 N–H and O–H groups in total. The SMILES string of the molecule is OC[C@H]1OC(n2cnc3c(NCc4c(O)c(I)cc(I)c4O)ncnc32)[C@H](O)[C@@H]1O. The predicted molar refractivity (Wildman–Crippen MR) is 121 cm³/mol. The lowest BCUT2D eigenvalue weighted by Crippen LogP contribution is -2.33. The number of imidazole rings is 1. The molecule has 1 aromatic carbocycles. The number of anilines is 1. The molecule has 0 bridgehead atoms. The highest BCUT2D eigenvalue weighted by molar-refractivity contribution is 14.1. The molecule has 1 saturated heterocycles. The van der Waals surface area contributed by atoms with Gasteiger partial charge in [0.05, 0.1) is 25.6 Å². The summed E-state index contributed by atoms with van der Waals surface area (Å²) < 4.78 is 8.20. The second kappa shape index (κ2) is 8.54.